The summed E-state index contributed by atoms with van der Waals surface area (Å²) in [4.78, 5) is 38.3. The van der Waals surface area contributed by atoms with Crippen LogP contribution in [0, 0.1) is 0 Å². The number of aromatic nitrogens is 2. The highest BCUT2D eigenvalue weighted by Crippen LogP contribution is 2.45. The Bertz CT molecular complexity index is 1400. The van der Waals surface area contributed by atoms with Crippen molar-refractivity contribution < 1.29 is 18.8 Å². The molecule has 3 N–H and O–H groups in total. The number of carbonyl (C=O) groups excluding carboxylic acids is 2. The van der Waals surface area contributed by atoms with Gasteiger partial charge in [0.2, 0.25) is 5.72 Å². The van der Waals surface area contributed by atoms with Crippen molar-refractivity contribution in [3.8, 4) is 0 Å². The number of halogens is 2. The maximum Gasteiger partial charge on any atom is 0.412 e. The fourth-order valence-corrected chi connectivity index (χ4v) is 6.75. The molecule has 2 aromatic heterocycles. The van der Waals surface area contributed by atoms with Crippen molar-refractivity contribution in [2.24, 2.45) is 0 Å². The Morgan fingerprint density at radius 2 is 1.95 bits per heavy atom. The number of pyridine rings is 2. The van der Waals surface area contributed by atoms with E-state index in [-0.39, 0.29) is 39.0 Å². The second kappa shape index (κ2) is 13.1. The molecule has 0 spiro atoms. The van der Waals surface area contributed by atoms with Crippen LogP contribution in [-0.4, -0.2) is 67.1 Å². The normalized spacial score (nSPS) is 22.4. The SMILES string of the molecule is CC1CN(C(=O)OC2(c3c(CCCO[Si](C)(C)C(C)(C)C)ccnc3C(C)C)NC(=O)Nc3nc(Cl)c(Cl)cc32)C(C)CN1. The standard InChI is InChI=1S/C31H46Cl2N6O4Si/c1-18(2)25-24(21(12-13-34-25)11-10-14-42-44(8,9)30(5,6)7)31(43-29(41)39-17-19(3)35-16-20(39)4)22-15-23(32)26(33)36-27(22)37-28(40)38-31/h12-13,15,18-20,35H,10-11,14,16-17H2,1-9H3,(H2,36,37,38,40). The highest BCUT2D eigenvalue weighted by molar-refractivity contribution is 6.74. The van der Waals surface area contributed by atoms with Gasteiger partial charge >= 0.3 is 12.1 Å². The quantitative estimate of drug-likeness (QED) is 0.158. The number of carbonyl (C=O) groups is 2. The molecule has 3 atom stereocenters. The van der Waals surface area contributed by atoms with Crippen molar-refractivity contribution in [3.05, 3.63) is 50.9 Å². The fourth-order valence-electron chi connectivity index (χ4n) is 5.37. The van der Waals surface area contributed by atoms with E-state index in [1.807, 2.05) is 33.8 Å². The van der Waals surface area contributed by atoms with E-state index < -0.39 is 26.2 Å². The van der Waals surface area contributed by atoms with Crippen LogP contribution >= 0.6 is 23.2 Å². The van der Waals surface area contributed by atoms with Gasteiger partial charge < -0.3 is 19.4 Å². The van der Waals surface area contributed by atoms with E-state index in [2.05, 4.69) is 54.8 Å². The van der Waals surface area contributed by atoms with E-state index in [1.165, 1.54) is 0 Å². The topological polar surface area (TPSA) is 118 Å². The summed E-state index contributed by atoms with van der Waals surface area (Å²) in [6, 6.07) is 2.85. The summed E-state index contributed by atoms with van der Waals surface area (Å²) < 4.78 is 13.0. The molecule has 3 unspecified atom stereocenters. The summed E-state index contributed by atoms with van der Waals surface area (Å²) in [6.45, 7) is 20.7. The number of piperazine rings is 1. The van der Waals surface area contributed by atoms with Crippen LogP contribution in [0.5, 0.6) is 0 Å². The fraction of sp³-hybridized carbons (Fsp3) is 0.613. The Kier molecular flexibility index (Phi) is 10.3. The van der Waals surface area contributed by atoms with E-state index >= 15 is 0 Å². The lowest BCUT2D eigenvalue weighted by Crippen LogP contribution is -2.61. The smallest absolute Gasteiger partial charge is 0.412 e. The summed E-state index contributed by atoms with van der Waals surface area (Å²) in [6.07, 6.45) is 2.50. The highest BCUT2D eigenvalue weighted by Gasteiger charge is 2.50. The van der Waals surface area contributed by atoms with Gasteiger partial charge in [0, 0.05) is 43.5 Å². The van der Waals surface area contributed by atoms with E-state index in [4.69, 9.17) is 37.3 Å². The summed E-state index contributed by atoms with van der Waals surface area (Å²) in [5.41, 5.74) is 0.720. The van der Waals surface area contributed by atoms with Crippen molar-refractivity contribution >= 4 is 49.5 Å². The number of amides is 3. The number of nitrogens with zero attached hydrogens (tertiary/aromatic N) is 3. The maximum absolute atomic E-state index is 14.1. The van der Waals surface area contributed by atoms with Gasteiger partial charge in [0.05, 0.1) is 16.3 Å². The van der Waals surface area contributed by atoms with Crippen LogP contribution in [0.1, 0.15) is 83.2 Å². The molecule has 4 heterocycles. The summed E-state index contributed by atoms with van der Waals surface area (Å²) in [5, 5.41) is 9.35. The van der Waals surface area contributed by atoms with Gasteiger partial charge in [0.15, 0.2) is 8.32 Å². The van der Waals surface area contributed by atoms with Gasteiger partial charge in [-0.2, -0.15) is 0 Å². The summed E-state index contributed by atoms with van der Waals surface area (Å²) in [5.74, 6) is 0.0801. The number of aryl methyl sites for hydroxylation is 1. The molecule has 3 amide bonds. The molecule has 0 aliphatic carbocycles. The molecule has 44 heavy (non-hydrogen) atoms. The Hall–Kier alpha value is -2.44. The van der Waals surface area contributed by atoms with Gasteiger partial charge in [-0.1, -0.05) is 57.8 Å². The molecule has 0 bridgehead atoms. The van der Waals surface area contributed by atoms with Crippen LogP contribution in [0.2, 0.25) is 28.3 Å². The van der Waals surface area contributed by atoms with Crippen LogP contribution < -0.4 is 16.0 Å². The first kappa shape index (κ1) is 34.4. The average Bonchev–Trinajstić information content (AvgIpc) is 2.92. The van der Waals surface area contributed by atoms with E-state index in [0.29, 0.717) is 42.9 Å². The zero-order valence-electron chi connectivity index (χ0n) is 27.2. The Balaban J connectivity index is 1.86. The molecule has 2 aromatic rings. The molecule has 2 aliphatic heterocycles. The molecule has 10 nitrogen and oxygen atoms in total. The second-order valence-corrected chi connectivity index (χ2v) is 19.3. The molecule has 13 heteroatoms. The number of ether oxygens (including phenoxy) is 1. The van der Waals surface area contributed by atoms with Crippen molar-refractivity contribution in [1.82, 2.24) is 25.5 Å². The third-order valence-corrected chi connectivity index (χ3v) is 14.1. The van der Waals surface area contributed by atoms with Crippen LogP contribution in [0.25, 0.3) is 0 Å². The molecule has 0 saturated carbocycles. The lowest BCUT2D eigenvalue weighted by Gasteiger charge is -2.44. The Morgan fingerprint density at radius 3 is 2.61 bits per heavy atom. The number of nitrogens with one attached hydrogen (secondary N) is 3. The third-order valence-electron chi connectivity index (χ3n) is 8.90. The maximum atomic E-state index is 14.1. The minimum Gasteiger partial charge on any atom is -0.417 e. The first-order valence-corrected chi connectivity index (χ1v) is 18.9. The van der Waals surface area contributed by atoms with Crippen LogP contribution in [0.15, 0.2) is 18.3 Å². The Labute approximate surface area is 272 Å². The predicted molar refractivity (Wildman–Crippen MR) is 177 cm³/mol. The number of rotatable bonds is 8. The van der Waals surface area contributed by atoms with Gasteiger partial charge in [-0.05, 0) is 68.4 Å². The number of hydrogen-bond acceptors (Lipinski definition) is 7. The number of hydrogen-bond donors (Lipinski definition) is 3. The molecule has 1 fully saturated rings. The molecule has 0 aromatic carbocycles. The van der Waals surface area contributed by atoms with Crippen LogP contribution in [0.4, 0.5) is 15.4 Å². The van der Waals surface area contributed by atoms with Gasteiger partial charge in [-0.3, -0.25) is 15.6 Å². The molecule has 242 valence electrons. The van der Waals surface area contributed by atoms with E-state index in [9.17, 15) is 9.59 Å². The monoisotopic (exact) mass is 664 g/mol. The zero-order valence-corrected chi connectivity index (χ0v) is 29.7. The van der Waals surface area contributed by atoms with Gasteiger partial charge in [-0.15, -0.1) is 0 Å². The molecular formula is C31H46Cl2N6O4Si. The molecular weight excluding hydrogens is 619 g/mol. The minimum atomic E-state index is -1.95. The number of fused-ring (bicyclic) bond motifs is 1. The summed E-state index contributed by atoms with van der Waals surface area (Å²) >= 11 is 12.8. The van der Waals surface area contributed by atoms with Crippen molar-refractivity contribution in [1.29, 1.82) is 0 Å². The first-order valence-electron chi connectivity index (χ1n) is 15.3. The van der Waals surface area contributed by atoms with Crippen molar-refractivity contribution in [2.45, 2.75) is 103 Å². The third kappa shape index (κ3) is 7.02. The molecule has 2 aliphatic rings. The average molecular weight is 666 g/mol. The molecule has 1 saturated heterocycles. The van der Waals surface area contributed by atoms with Gasteiger partial charge in [0.25, 0.3) is 0 Å². The zero-order chi connectivity index (χ0) is 32.6. The summed E-state index contributed by atoms with van der Waals surface area (Å²) in [7, 11) is -1.95. The largest absolute Gasteiger partial charge is 0.417 e. The van der Waals surface area contributed by atoms with Crippen LogP contribution in [0.3, 0.4) is 0 Å². The first-order chi connectivity index (χ1) is 20.5. The minimum absolute atomic E-state index is 0.0238. The number of urea groups is 1. The van der Waals surface area contributed by atoms with Crippen LogP contribution in [-0.2, 0) is 21.3 Å². The van der Waals surface area contributed by atoms with Gasteiger partial charge in [-0.25, -0.2) is 14.6 Å². The van der Waals surface area contributed by atoms with Gasteiger partial charge in [0.1, 0.15) is 11.0 Å². The van der Waals surface area contributed by atoms with Crippen molar-refractivity contribution in [3.63, 3.8) is 0 Å². The Morgan fingerprint density at radius 1 is 1.25 bits per heavy atom. The second-order valence-electron chi connectivity index (χ2n) is 13.7. The predicted octanol–water partition coefficient (Wildman–Crippen LogP) is 7.02. The van der Waals surface area contributed by atoms with E-state index in [0.717, 1.165) is 12.0 Å². The molecule has 4 rings (SSSR count). The lowest BCUT2D eigenvalue weighted by molar-refractivity contribution is -0.0140. The van der Waals surface area contributed by atoms with E-state index in [1.54, 1.807) is 17.2 Å². The highest BCUT2D eigenvalue weighted by atomic mass is 35.5. The van der Waals surface area contributed by atoms with Crippen molar-refractivity contribution in [2.75, 3.05) is 25.0 Å². The molecule has 0 radical (unpaired) electrons. The number of anilines is 1. The lowest BCUT2D eigenvalue weighted by atomic mass is 9.84.